The van der Waals surface area contributed by atoms with E-state index < -0.39 is 11.8 Å². The van der Waals surface area contributed by atoms with E-state index in [0.29, 0.717) is 23.7 Å². The fraction of sp³-hybridized carbons (Fsp3) is 0.333. The second-order valence-corrected chi connectivity index (χ2v) is 7.19. The first-order chi connectivity index (χ1) is 13.0. The highest BCUT2D eigenvalue weighted by atomic mass is 35.5. The number of hydrogen-bond acceptors (Lipinski definition) is 3. The SMILES string of the molecule is Cc1ccc(NC(=O)C(=O)NCCc2ccc(N3CCCC3)cc2)cc1Cl. The van der Waals surface area contributed by atoms with Gasteiger partial charge in [0.05, 0.1) is 0 Å². The van der Waals surface area contributed by atoms with Crippen LogP contribution in [0.5, 0.6) is 0 Å². The van der Waals surface area contributed by atoms with Crippen molar-refractivity contribution in [1.29, 1.82) is 0 Å². The Balaban J connectivity index is 1.44. The molecule has 0 radical (unpaired) electrons. The lowest BCUT2D eigenvalue weighted by molar-refractivity contribution is -0.136. The summed E-state index contributed by atoms with van der Waals surface area (Å²) >= 11 is 6.03. The maximum atomic E-state index is 12.0. The van der Waals surface area contributed by atoms with Crippen molar-refractivity contribution in [2.24, 2.45) is 0 Å². The first-order valence-corrected chi connectivity index (χ1v) is 9.60. The molecule has 3 rings (SSSR count). The standard InChI is InChI=1S/C21H24ClN3O2/c1-15-4-7-17(14-19(15)22)24-21(27)20(26)23-11-10-16-5-8-18(9-6-16)25-12-2-3-13-25/h4-9,14H,2-3,10-13H2,1H3,(H,23,26)(H,24,27). The first kappa shape index (κ1) is 19.2. The van der Waals surface area contributed by atoms with Crippen molar-refractivity contribution >= 4 is 34.8 Å². The van der Waals surface area contributed by atoms with Crippen LogP contribution in [-0.4, -0.2) is 31.4 Å². The number of rotatable bonds is 5. The predicted octanol–water partition coefficient (Wildman–Crippen LogP) is 3.55. The monoisotopic (exact) mass is 385 g/mol. The molecule has 1 heterocycles. The van der Waals surface area contributed by atoms with E-state index in [2.05, 4.69) is 39.8 Å². The van der Waals surface area contributed by atoms with Crippen LogP contribution in [0.25, 0.3) is 0 Å². The zero-order valence-corrected chi connectivity index (χ0v) is 16.2. The summed E-state index contributed by atoms with van der Waals surface area (Å²) in [5.41, 5.74) is 3.79. The van der Waals surface area contributed by atoms with Crippen LogP contribution in [0, 0.1) is 6.92 Å². The number of carbonyl (C=O) groups excluding carboxylic acids is 2. The van der Waals surface area contributed by atoms with Gasteiger partial charge in [-0.25, -0.2) is 0 Å². The second-order valence-electron chi connectivity index (χ2n) is 6.78. The Kier molecular flexibility index (Phi) is 6.35. The van der Waals surface area contributed by atoms with Gasteiger partial charge in [-0.2, -0.15) is 0 Å². The molecule has 2 amide bonds. The lowest BCUT2D eigenvalue weighted by Crippen LogP contribution is -2.36. The Hall–Kier alpha value is -2.53. The molecule has 1 saturated heterocycles. The highest BCUT2D eigenvalue weighted by Gasteiger charge is 2.14. The Morgan fingerprint density at radius 3 is 2.41 bits per heavy atom. The van der Waals surface area contributed by atoms with Crippen molar-refractivity contribution < 1.29 is 9.59 Å². The zero-order chi connectivity index (χ0) is 19.2. The highest BCUT2D eigenvalue weighted by Crippen LogP contribution is 2.21. The lowest BCUT2D eigenvalue weighted by atomic mass is 10.1. The first-order valence-electron chi connectivity index (χ1n) is 9.22. The van der Waals surface area contributed by atoms with Gasteiger partial charge in [0.15, 0.2) is 0 Å². The number of benzene rings is 2. The molecule has 0 unspecified atom stereocenters. The van der Waals surface area contributed by atoms with Gasteiger partial charge in [-0.1, -0.05) is 29.8 Å². The Bertz CT molecular complexity index is 815. The molecular weight excluding hydrogens is 362 g/mol. The zero-order valence-electron chi connectivity index (χ0n) is 15.4. The average Bonchev–Trinajstić information content (AvgIpc) is 3.20. The molecular formula is C21H24ClN3O2. The third kappa shape index (κ3) is 5.23. The van der Waals surface area contributed by atoms with Crippen molar-refractivity contribution in [2.45, 2.75) is 26.2 Å². The van der Waals surface area contributed by atoms with Gasteiger partial charge in [0.2, 0.25) is 0 Å². The third-order valence-corrected chi connectivity index (χ3v) is 5.15. The molecule has 0 spiro atoms. The molecule has 1 fully saturated rings. The largest absolute Gasteiger partial charge is 0.372 e. The normalized spacial score (nSPS) is 13.5. The van der Waals surface area contributed by atoms with Crippen LogP contribution >= 0.6 is 11.6 Å². The summed E-state index contributed by atoms with van der Waals surface area (Å²) in [4.78, 5) is 26.3. The number of hydrogen-bond donors (Lipinski definition) is 2. The molecule has 6 heteroatoms. The van der Waals surface area contributed by atoms with Gasteiger partial charge in [0, 0.05) is 36.0 Å². The van der Waals surface area contributed by atoms with Gasteiger partial charge in [-0.15, -0.1) is 0 Å². The molecule has 0 aliphatic carbocycles. The van der Waals surface area contributed by atoms with E-state index in [4.69, 9.17) is 11.6 Å². The molecule has 0 aromatic heterocycles. The average molecular weight is 386 g/mol. The number of anilines is 2. The molecule has 0 saturated carbocycles. The van der Waals surface area contributed by atoms with Crippen molar-refractivity contribution in [3.8, 4) is 0 Å². The van der Waals surface area contributed by atoms with Crippen LogP contribution in [0.3, 0.4) is 0 Å². The number of halogens is 1. The van der Waals surface area contributed by atoms with Crippen molar-refractivity contribution in [2.75, 3.05) is 29.9 Å². The smallest absolute Gasteiger partial charge is 0.313 e. The van der Waals surface area contributed by atoms with E-state index in [9.17, 15) is 9.59 Å². The Morgan fingerprint density at radius 2 is 1.74 bits per heavy atom. The highest BCUT2D eigenvalue weighted by molar-refractivity contribution is 6.39. The number of nitrogens with zero attached hydrogens (tertiary/aromatic N) is 1. The van der Waals surface area contributed by atoms with Gasteiger partial charge < -0.3 is 15.5 Å². The topological polar surface area (TPSA) is 61.4 Å². The molecule has 142 valence electrons. The predicted molar refractivity (Wildman–Crippen MR) is 109 cm³/mol. The van der Waals surface area contributed by atoms with Crippen molar-refractivity contribution in [3.05, 3.63) is 58.6 Å². The summed E-state index contributed by atoms with van der Waals surface area (Å²) in [7, 11) is 0. The molecule has 27 heavy (non-hydrogen) atoms. The van der Waals surface area contributed by atoms with Gasteiger partial charge in [-0.05, 0) is 61.6 Å². The summed E-state index contributed by atoms with van der Waals surface area (Å²) in [6, 6.07) is 13.5. The van der Waals surface area contributed by atoms with Gasteiger partial charge in [0.25, 0.3) is 0 Å². The van der Waals surface area contributed by atoms with Crippen LogP contribution in [0.15, 0.2) is 42.5 Å². The van der Waals surface area contributed by atoms with Gasteiger partial charge in [-0.3, -0.25) is 9.59 Å². The minimum absolute atomic E-state index is 0.407. The molecule has 2 aromatic rings. The Morgan fingerprint density at radius 1 is 1.04 bits per heavy atom. The number of nitrogens with one attached hydrogen (secondary N) is 2. The number of aryl methyl sites for hydroxylation is 1. The summed E-state index contributed by atoms with van der Waals surface area (Å²) in [6.45, 7) is 4.52. The number of carbonyl (C=O) groups is 2. The van der Waals surface area contributed by atoms with Gasteiger partial charge >= 0.3 is 11.8 Å². The van der Waals surface area contributed by atoms with Crippen molar-refractivity contribution in [1.82, 2.24) is 5.32 Å². The van der Waals surface area contributed by atoms with E-state index in [-0.39, 0.29) is 0 Å². The maximum Gasteiger partial charge on any atom is 0.313 e. The van der Waals surface area contributed by atoms with Crippen LogP contribution in [0.1, 0.15) is 24.0 Å². The minimum Gasteiger partial charge on any atom is -0.372 e. The van der Waals surface area contributed by atoms with E-state index in [0.717, 1.165) is 24.2 Å². The van der Waals surface area contributed by atoms with Crippen LogP contribution in [0.4, 0.5) is 11.4 Å². The van der Waals surface area contributed by atoms with E-state index >= 15 is 0 Å². The van der Waals surface area contributed by atoms with Crippen molar-refractivity contribution in [3.63, 3.8) is 0 Å². The van der Waals surface area contributed by atoms with Crippen LogP contribution in [-0.2, 0) is 16.0 Å². The van der Waals surface area contributed by atoms with Crippen LogP contribution < -0.4 is 15.5 Å². The van der Waals surface area contributed by atoms with Crippen LogP contribution in [0.2, 0.25) is 5.02 Å². The fourth-order valence-corrected chi connectivity index (χ4v) is 3.29. The fourth-order valence-electron chi connectivity index (χ4n) is 3.11. The Labute approximate surface area is 164 Å². The summed E-state index contributed by atoms with van der Waals surface area (Å²) in [6.07, 6.45) is 3.19. The summed E-state index contributed by atoms with van der Waals surface area (Å²) in [5.74, 6) is -1.35. The van der Waals surface area contributed by atoms with Gasteiger partial charge in [0.1, 0.15) is 0 Å². The maximum absolute atomic E-state index is 12.0. The lowest BCUT2D eigenvalue weighted by Gasteiger charge is -2.17. The molecule has 0 atom stereocenters. The quantitative estimate of drug-likeness (QED) is 0.774. The molecule has 2 aromatic carbocycles. The van der Waals surface area contributed by atoms with E-state index in [1.54, 1.807) is 18.2 Å². The summed E-state index contributed by atoms with van der Waals surface area (Å²) < 4.78 is 0. The van der Waals surface area contributed by atoms with E-state index in [1.165, 1.54) is 18.5 Å². The molecule has 2 N–H and O–H groups in total. The molecule has 5 nitrogen and oxygen atoms in total. The number of amides is 2. The minimum atomic E-state index is -0.695. The second kappa shape index (κ2) is 8.91. The molecule has 1 aliphatic heterocycles. The molecule has 0 bridgehead atoms. The van der Waals surface area contributed by atoms with E-state index in [1.807, 2.05) is 6.92 Å². The summed E-state index contributed by atoms with van der Waals surface area (Å²) in [5, 5.41) is 5.76. The molecule has 1 aliphatic rings. The third-order valence-electron chi connectivity index (χ3n) is 4.74.